The van der Waals surface area contributed by atoms with Crippen LogP contribution >= 0.6 is 12.4 Å². The van der Waals surface area contributed by atoms with Gasteiger partial charge >= 0.3 is 6.18 Å². The average Bonchev–Trinajstić information content (AvgIpc) is 2.38. The molecule has 1 aliphatic rings. The Kier molecular flexibility index (Phi) is 5.13. The minimum Gasteiger partial charge on any atom is -0.335 e. The number of amides is 1. The lowest BCUT2D eigenvalue weighted by atomic mass is 10.1. The number of carbonyl (C=O) groups excluding carboxylic acids is 1. The van der Waals surface area contributed by atoms with Crippen molar-refractivity contribution >= 4 is 18.3 Å². The van der Waals surface area contributed by atoms with Gasteiger partial charge in [-0.25, -0.2) is 0 Å². The van der Waals surface area contributed by atoms with Gasteiger partial charge in [-0.2, -0.15) is 13.2 Å². The molecule has 0 radical (unpaired) electrons. The predicted octanol–water partition coefficient (Wildman–Crippen LogP) is 1.57. The number of rotatable bonds is 1. The fraction of sp³-hybridized carbons (Fsp3) is 0.455. The number of pyridine rings is 1. The molecule has 0 unspecified atom stereocenters. The Bertz CT molecular complexity index is 447. The van der Waals surface area contributed by atoms with Crippen LogP contribution in [0.4, 0.5) is 13.2 Å². The first-order valence-electron chi connectivity index (χ1n) is 5.52. The van der Waals surface area contributed by atoms with Gasteiger partial charge in [0.05, 0.1) is 5.56 Å². The first kappa shape index (κ1) is 15.7. The van der Waals surface area contributed by atoms with Gasteiger partial charge in [0, 0.05) is 32.4 Å². The number of piperazine rings is 1. The van der Waals surface area contributed by atoms with Crippen molar-refractivity contribution in [2.24, 2.45) is 0 Å². The molecule has 1 saturated heterocycles. The average molecular weight is 296 g/mol. The number of hydrogen-bond donors (Lipinski definition) is 1. The third-order valence-corrected chi connectivity index (χ3v) is 2.72. The van der Waals surface area contributed by atoms with Gasteiger partial charge < -0.3 is 10.2 Å². The molecular formula is C11H13ClF3N3O. The fourth-order valence-corrected chi connectivity index (χ4v) is 1.82. The second-order valence-electron chi connectivity index (χ2n) is 3.94. The lowest BCUT2D eigenvalue weighted by Crippen LogP contribution is -2.47. The zero-order valence-electron chi connectivity index (χ0n) is 9.91. The first-order chi connectivity index (χ1) is 8.50. The Labute approximate surface area is 114 Å². The van der Waals surface area contributed by atoms with Crippen LogP contribution in [0.1, 0.15) is 16.1 Å². The van der Waals surface area contributed by atoms with Crippen LogP contribution in [0.25, 0.3) is 0 Å². The monoisotopic (exact) mass is 295 g/mol. The third kappa shape index (κ3) is 3.57. The van der Waals surface area contributed by atoms with Crippen LogP contribution in [0.15, 0.2) is 18.3 Å². The number of carbonyl (C=O) groups is 1. The van der Waals surface area contributed by atoms with Gasteiger partial charge in [0.2, 0.25) is 0 Å². The fourth-order valence-electron chi connectivity index (χ4n) is 1.82. The van der Waals surface area contributed by atoms with Crippen LogP contribution in [-0.2, 0) is 6.18 Å². The molecule has 1 aromatic rings. The summed E-state index contributed by atoms with van der Waals surface area (Å²) in [5.41, 5.74) is -1.50. The summed E-state index contributed by atoms with van der Waals surface area (Å²) in [6.45, 7) is 1.96. The molecule has 1 N–H and O–H groups in total. The highest BCUT2D eigenvalue weighted by molar-refractivity contribution is 5.94. The highest BCUT2D eigenvalue weighted by Crippen LogP contribution is 2.31. The molecule has 106 valence electrons. The normalized spacial score (nSPS) is 15.8. The second-order valence-corrected chi connectivity index (χ2v) is 3.94. The number of aromatic nitrogens is 1. The Morgan fingerprint density at radius 2 is 1.95 bits per heavy atom. The lowest BCUT2D eigenvalue weighted by Gasteiger charge is -2.27. The van der Waals surface area contributed by atoms with Crippen molar-refractivity contribution in [3.8, 4) is 0 Å². The van der Waals surface area contributed by atoms with Crippen molar-refractivity contribution in [3.05, 3.63) is 29.6 Å². The van der Waals surface area contributed by atoms with Crippen molar-refractivity contribution in [3.63, 3.8) is 0 Å². The summed E-state index contributed by atoms with van der Waals surface area (Å²) in [5.74, 6) is -0.663. The van der Waals surface area contributed by atoms with Gasteiger partial charge in [-0.15, -0.1) is 12.4 Å². The van der Waals surface area contributed by atoms with Gasteiger partial charge in [-0.3, -0.25) is 9.78 Å². The zero-order valence-corrected chi connectivity index (χ0v) is 10.7. The van der Waals surface area contributed by atoms with E-state index in [0.717, 1.165) is 6.07 Å². The summed E-state index contributed by atoms with van der Waals surface area (Å²) in [5, 5.41) is 3.03. The summed E-state index contributed by atoms with van der Waals surface area (Å²) in [4.78, 5) is 17.0. The third-order valence-electron chi connectivity index (χ3n) is 2.72. The molecular weight excluding hydrogens is 283 g/mol. The van der Waals surface area contributed by atoms with Crippen molar-refractivity contribution in [1.29, 1.82) is 0 Å². The smallest absolute Gasteiger partial charge is 0.335 e. The van der Waals surface area contributed by atoms with Crippen molar-refractivity contribution in [2.45, 2.75) is 6.18 Å². The summed E-state index contributed by atoms with van der Waals surface area (Å²) in [6, 6.07) is 2.06. The van der Waals surface area contributed by atoms with Crippen LogP contribution in [0.5, 0.6) is 0 Å². The lowest BCUT2D eigenvalue weighted by molar-refractivity contribution is -0.138. The summed E-state index contributed by atoms with van der Waals surface area (Å²) >= 11 is 0. The van der Waals surface area contributed by atoms with Crippen LogP contribution in [-0.4, -0.2) is 42.0 Å². The summed E-state index contributed by atoms with van der Waals surface area (Å²) in [6.07, 6.45) is -3.36. The number of hydrogen-bond acceptors (Lipinski definition) is 3. The van der Waals surface area contributed by atoms with Gasteiger partial charge in [0.15, 0.2) is 0 Å². The molecule has 0 aliphatic carbocycles. The Hall–Kier alpha value is -1.34. The molecule has 0 aromatic carbocycles. The highest BCUT2D eigenvalue weighted by Gasteiger charge is 2.37. The van der Waals surface area contributed by atoms with Crippen molar-refractivity contribution < 1.29 is 18.0 Å². The Balaban J connectivity index is 0.00000180. The highest BCUT2D eigenvalue weighted by atomic mass is 35.5. The van der Waals surface area contributed by atoms with Crippen LogP contribution in [0, 0.1) is 0 Å². The standard InChI is InChI=1S/C11H12F3N3O.ClH/c12-11(13,14)8-2-1-3-16-9(8)10(18)17-6-4-15-5-7-17;/h1-3,15H,4-7H2;1H. The zero-order chi connectivity index (χ0) is 13.2. The topological polar surface area (TPSA) is 45.2 Å². The van der Waals surface area contributed by atoms with Crippen molar-refractivity contribution in [2.75, 3.05) is 26.2 Å². The molecule has 4 nitrogen and oxygen atoms in total. The van der Waals surface area contributed by atoms with Gasteiger partial charge in [-0.05, 0) is 12.1 Å². The number of nitrogens with one attached hydrogen (secondary N) is 1. The van der Waals surface area contributed by atoms with E-state index in [4.69, 9.17) is 0 Å². The Morgan fingerprint density at radius 3 is 2.53 bits per heavy atom. The Morgan fingerprint density at radius 1 is 1.32 bits per heavy atom. The minimum atomic E-state index is -4.56. The molecule has 1 fully saturated rings. The maximum Gasteiger partial charge on any atom is 0.418 e. The molecule has 0 spiro atoms. The molecule has 2 rings (SSSR count). The number of nitrogens with zero attached hydrogens (tertiary/aromatic N) is 2. The van der Waals surface area contributed by atoms with E-state index in [1.54, 1.807) is 0 Å². The molecule has 0 bridgehead atoms. The van der Waals surface area contributed by atoms with E-state index < -0.39 is 23.3 Å². The molecule has 1 aliphatic heterocycles. The molecule has 19 heavy (non-hydrogen) atoms. The quantitative estimate of drug-likeness (QED) is 0.855. The molecule has 0 saturated carbocycles. The van der Waals surface area contributed by atoms with Gasteiger partial charge in [0.1, 0.15) is 5.69 Å². The SMILES string of the molecule is Cl.O=C(c1ncccc1C(F)(F)F)N1CCNCC1. The van der Waals surface area contributed by atoms with E-state index in [9.17, 15) is 18.0 Å². The van der Waals surface area contributed by atoms with E-state index >= 15 is 0 Å². The molecule has 0 atom stereocenters. The second kappa shape index (κ2) is 6.21. The maximum atomic E-state index is 12.8. The van der Waals surface area contributed by atoms with E-state index in [0.29, 0.717) is 26.2 Å². The van der Waals surface area contributed by atoms with E-state index in [-0.39, 0.29) is 12.4 Å². The number of halogens is 4. The largest absolute Gasteiger partial charge is 0.418 e. The van der Waals surface area contributed by atoms with Crippen LogP contribution < -0.4 is 5.32 Å². The molecule has 8 heteroatoms. The van der Waals surface area contributed by atoms with Gasteiger partial charge in [0.25, 0.3) is 5.91 Å². The summed E-state index contributed by atoms with van der Waals surface area (Å²) < 4.78 is 38.3. The van der Waals surface area contributed by atoms with E-state index in [2.05, 4.69) is 10.3 Å². The number of alkyl halides is 3. The minimum absolute atomic E-state index is 0. The summed E-state index contributed by atoms with van der Waals surface area (Å²) in [7, 11) is 0. The maximum absolute atomic E-state index is 12.8. The van der Waals surface area contributed by atoms with Crippen molar-refractivity contribution in [1.82, 2.24) is 15.2 Å². The first-order valence-corrected chi connectivity index (χ1v) is 5.52. The van der Waals surface area contributed by atoms with Crippen LogP contribution in [0.2, 0.25) is 0 Å². The molecule has 1 aromatic heterocycles. The predicted molar refractivity (Wildman–Crippen MR) is 65.3 cm³/mol. The molecule has 1 amide bonds. The van der Waals surface area contributed by atoms with E-state index in [1.807, 2.05) is 0 Å². The van der Waals surface area contributed by atoms with Crippen LogP contribution in [0.3, 0.4) is 0 Å². The van der Waals surface area contributed by atoms with Gasteiger partial charge in [-0.1, -0.05) is 0 Å². The van der Waals surface area contributed by atoms with E-state index in [1.165, 1.54) is 17.2 Å². The molecule has 2 heterocycles.